The molecule has 0 radical (unpaired) electrons. The third kappa shape index (κ3) is 7.87. The van der Waals surface area contributed by atoms with Crippen LogP contribution in [0.5, 0.6) is 11.5 Å². The molecule has 1 amide bonds. The number of carbonyl (C=O) groups is 2. The number of benzene rings is 3. The van der Waals surface area contributed by atoms with Gasteiger partial charge in [-0.25, -0.2) is 9.37 Å². The van der Waals surface area contributed by atoms with Crippen LogP contribution in [0.15, 0.2) is 85.2 Å². The number of hydrogen-bond donors (Lipinski definition) is 3. The average molecular weight is 651 g/mol. The topological polar surface area (TPSA) is 127 Å². The number of halogens is 4. The lowest BCUT2D eigenvalue weighted by Gasteiger charge is -2.31. The second-order valence-electron chi connectivity index (χ2n) is 10.7. The molecule has 3 aromatic carbocycles. The second kappa shape index (κ2) is 13.9. The van der Waals surface area contributed by atoms with Gasteiger partial charge in [-0.05, 0) is 59.2 Å². The summed E-state index contributed by atoms with van der Waals surface area (Å²) < 4.78 is 64.2. The fourth-order valence-corrected chi connectivity index (χ4v) is 5.14. The number of allylic oxidation sites excluding steroid dienone is 1. The third-order valence-electron chi connectivity index (χ3n) is 7.39. The maximum Gasteiger partial charge on any atom is 0.405 e. The smallest absolute Gasteiger partial charge is 0.405 e. The number of anilines is 2. The van der Waals surface area contributed by atoms with E-state index >= 15 is 0 Å². The van der Waals surface area contributed by atoms with Crippen molar-refractivity contribution in [3.63, 3.8) is 0 Å². The van der Waals surface area contributed by atoms with Gasteiger partial charge in [-0.2, -0.15) is 13.2 Å². The molecular formula is C34H30F4N4O5. The van der Waals surface area contributed by atoms with Crippen LogP contribution >= 0.6 is 0 Å². The van der Waals surface area contributed by atoms with Crippen molar-refractivity contribution >= 4 is 28.8 Å². The Balaban J connectivity index is 1.35. The Morgan fingerprint density at radius 3 is 2.34 bits per heavy atom. The Labute approximate surface area is 267 Å². The van der Waals surface area contributed by atoms with Crippen LogP contribution in [0.4, 0.5) is 29.1 Å². The molecule has 1 atom stereocenters. The number of aliphatic hydroxyl groups excluding tert-OH is 1. The summed E-state index contributed by atoms with van der Waals surface area (Å²) in [6, 6.07) is 18.4. The van der Waals surface area contributed by atoms with E-state index in [0.717, 1.165) is 34.4 Å². The molecule has 13 heteroatoms. The lowest BCUT2D eigenvalue weighted by Crippen LogP contribution is -2.45. The molecule has 5 rings (SSSR count). The molecule has 1 aliphatic rings. The number of carbonyl (C=O) groups excluding carboxylic acids is 2. The van der Waals surface area contributed by atoms with Crippen LogP contribution in [0.3, 0.4) is 0 Å². The average Bonchev–Trinajstić information content (AvgIpc) is 3.05. The second-order valence-corrected chi connectivity index (χ2v) is 10.7. The standard InChI is InChI=1S/C34H30F4N4O5/c1-46-30-15-22(6-11-29(30)47-13-12-43)23-14-26(32(39)40-16-23)20-4-9-25(10-5-20)41-33(45)28-18-42(19-34(36,37)38)17-27(31(28)44)21-2-7-24(35)8-3-21/h2-11,14-17,28,43H,12-13,18-19H2,1H3,(H2,39,40)(H,41,45). The van der Waals surface area contributed by atoms with Crippen LogP contribution in [-0.2, 0) is 9.59 Å². The van der Waals surface area contributed by atoms with Crippen LogP contribution in [-0.4, -0.2) is 66.3 Å². The summed E-state index contributed by atoms with van der Waals surface area (Å²) in [6.07, 6.45) is -1.92. The first-order valence-corrected chi connectivity index (χ1v) is 14.4. The molecule has 0 bridgehead atoms. The maximum atomic E-state index is 13.5. The van der Waals surface area contributed by atoms with Gasteiger partial charge in [0, 0.05) is 41.3 Å². The molecule has 0 spiro atoms. The first kappa shape index (κ1) is 32.9. The molecule has 244 valence electrons. The van der Waals surface area contributed by atoms with Gasteiger partial charge in [0.2, 0.25) is 5.91 Å². The zero-order valence-electron chi connectivity index (χ0n) is 25.1. The lowest BCUT2D eigenvalue weighted by molar-refractivity contribution is -0.146. The number of amides is 1. The molecule has 4 aromatic rings. The summed E-state index contributed by atoms with van der Waals surface area (Å²) in [5.74, 6) is -2.30. The van der Waals surface area contributed by atoms with Gasteiger partial charge >= 0.3 is 6.18 Å². The number of nitrogens with two attached hydrogens (primary N) is 1. The monoisotopic (exact) mass is 650 g/mol. The van der Waals surface area contributed by atoms with Gasteiger partial charge in [-0.3, -0.25) is 9.59 Å². The maximum absolute atomic E-state index is 13.5. The van der Waals surface area contributed by atoms with E-state index < -0.39 is 42.7 Å². The van der Waals surface area contributed by atoms with E-state index in [0.29, 0.717) is 28.3 Å². The number of rotatable bonds is 10. The highest BCUT2D eigenvalue weighted by molar-refractivity contribution is 6.29. The van der Waals surface area contributed by atoms with E-state index in [1.165, 1.54) is 19.2 Å². The number of aromatic nitrogens is 1. The minimum atomic E-state index is -4.58. The molecule has 1 unspecified atom stereocenters. The summed E-state index contributed by atoms with van der Waals surface area (Å²) in [7, 11) is 1.50. The highest BCUT2D eigenvalue weighted by atomic mass is 19.4. The summed E-state index contributed by atoms with van der Waals surface area (Å²) >= 11 is 0. The van der Waals surface area contributed by atoms with Crippen LogP contribution in [0.25, 0.3) is 27.8 Å². The zero-order valence-corrected chi connectivity index (χ0v) is 25.1. The number of nitrogen functional groups attached to an aromatic ring is 1. The Morgan fingerprint density at radius 1 is 1.00 bits per heavy atom. The van der Waals surface area contributed by atoms with E-state index in [1.54, 1.807) is 42.6 Å². The van der Waals surface area contributed by atoms with Crippen LogP contribution in [0, 0.1) is 11.7 Å². The van der Waals surface area contributed by atoms with E-state index in [1.807, 2.05) is 12.1 Å². The number of nitrogens with one attached hydrogen (secondary N) is 1. The molecule has 1 aliphatic heterocycles. The van der Waals surface area contributed by atoms with Crippen LogP contribution < -0.4 is 20.5 Å². The van der Waals surface area contributed by atoms with Crippen LogP contribution in [0.1, 0.15) is 5.56 Å². The molecule has 0 fully saturated rings. The van der Waals surface area contributed by atoms with Crippen molar-refractivity contribution in [2.24, 2.45) is 5.92 Å². The minimum Gasteiger partial charge on any atom is -0.493 e. The zero-order chi connectivity index (χ0) is 33.7. The van der Waals surface area contributed by atoms with Crippen molar-refractivity contribution in [3.8, 4) is 33.8 Å². The summed E-state index contributed by atoms with van der Waals surface area (Å²) in [4.78, 5) is 31.8. The number of nitrogens with zero attached hydrogens (tertiary/aromatic N) is 2. The molecule has 9 nitrogen and oxygen atoms in total. The molecule has 2 heterocycles. The Hall–Kier alpha value is -5.43. The highest BCUT2D eigenvalue weighted by Gasteiger charge is 2.39. The van der Waals surface area contributed by atoms with Gasteiger partial charge in [0.25, 0.3) is 0 Å². The molecule has 0 aliphatic carbocycles. The number of aliphatic hydroxyl groups is 1. The van der Waals surface area contributed by atoms with E-state index in [2.05, 4.69) is 10.3 Å². The normalized spacial score (nSPS) is 14.9. The van der Waals surface area contributed by atoms with Crippen molar-refractivity contribution in [2.75, 3.05) is 44.5 Å². The van der Waals surface area contributed by atoms with Gasteiger partial charge in [0.15, 0.2) is 17.3 Å². The van der Waals surface area contributed by atoms with Crippen molar-refractivity contribution in [2.45, 2.75) is 6.18 Å². The van der Waals surface area contributed by atoms with Gasteiger partial charge in [0.1, 0.15) is 30.7 Å². The molecule has 0 saturated carbocycles. The number of ether oxygens (including phenoxy) is 2. The minimum absolute atomic E-state index is 0.112. The Morgan fingerprint density at radius 2 is 1.68 bits per heavy atom. The van der Waals surface area contributed by atoms with Crippen molar-refractivity contribution in [3.05, 3.63) is 96.6 Å². The van der Waals surface area contributed by atoms with Gasteiger partial charge in [0.05, 0.1) is 13.7 Å². The first-order valence-electron chi connectivity index (χ1n) is 14.4. The van der Waals surface area contributed by atoms with Gasteiger partial charge in [-0.1, -0.05) is 30.3 Å². The van der Waals surface area contributed by atoms with Crippen molar-refractivity contribution < 1.29 is 41.7 Å². The summed E-state index contributed by atoms with van der Waals surface area (Å²) in [6.45, 7) is -1.89. The summed E-state index contributed by atoms with van der Waals surface area (Å²) in [5.41, 5.74) is 9.32. The first-order chi connectivity index (χ1) is 22.5. The van der Waals surface area contributed by atoms with E-state index in [-0.39, 0.29) is 30.2 Å². The predicted octanol–water partition coefficient (Wildman–Crippen LogP) is 5.56. The number of methoxy groups -OCH3 is 1. The predicted molar refractivity (Wildman–Crippen MR) is 168 cm³/mol. The van der Waals surface area contributed by atoms with Crippen molar-refractivity contribution in [1.29, 1.82) is 0 Å². The van der Waals surface area contributed by atoms with Crippen molar-refractivity contribution in [1.82, 2.24) is 9.88 Å². The fourth-order valence-electron chi connectivity index (χ4n) is 5.14. The third-order valence-corrected chi connectivity index (χ3v) is 7.39. The number of pyridine rings is 1. The van der Waals surface area contributed by atoms with Gasteiger partial charge < -0.3 is 30.5 Å². The molecule has 4 N–H and O–H groups in total. The largest absolute Gasteiger partial charge is 0.493 e. The summed E-state index contributed by atoms with van der Waals surface area (Å²) in [5, 5.41) is 11.7. The SMILES string of the molecule is COc1cc(-c2cnc(N)c(-c3ccc(NC(=O)C4CN(CC(F)(F)F)C=C(c5ccc(F)cc5)C4=O)cc3)c2)ccc1OCCO. The molecule has 47 heavy (non-hydrogen) atoms. The Bertz CT molecular complexity index is 1790. The fraction of sp³-hybridized carbons (Fsp3) is 0.206. The lowest BCUT2D eigenvalue weighted by atomic mass is 9.89. The van der Waals surface area contributed by atoms with E-state index in [4.69, 9.17) is 20.3 Å². The van der Waals surface area contributed by atoms with Crippen LogP contribution in [0.2, 0.25) is 0 Å². The van der Waals surface area contributed by atoms with Gasteiger partial charge in [-0.15, -0.1) is 0 Å². The van der Waals surface area contributed by atoms with E-state index in [9.17, 15) is 27.2 Å². The number of alkyl halides is 3. The Kier molecular flexibility index (Phi) is 9.75. The molecule has 0 saturated heterocycles. The molecule has 1 aromatic heterocycles. The number of ketones is 1. The quantitative estimate of drug-likeness (QED) is 0.151. The number of Topliss-reactive ketones (excluding diaryl/α,β-unsaturated/α-hetero) is 1. The highest BCUT2D eigenvalue weighted by Crippen LogP contribution is 2.36. The molecular weight excluding hydrogens is 620 g/mol. The number of hydrogen-bond acceptors (Lipinski definition) is 8.